The first kappa shape index (κ1) is 12.3. The van der Waals surface area contributed by atoms with Crippen molar-refractivity contribution in [2.45, 2.75) is 44.1 Å². The van der Waals surface area contributed by atoms with Crippen molar-refractivity contribution in [1.29, 1.82) is 0 Å². The molecule has 5 heteroatoms. The van der Waals surface area contributed by atoms with E-state index in [2.05, 4.69) is 10.2 Å². The molecule has 0 radical (unpaired) electrons. The van der Waals surface area contributed by atoms with Gasteiger partial charge < -0.3 is 4.74 Å². The third kappa shape index (κ3) is 2.73. The van der Waals surface area contributed by atoms with E-state index in [-0.39, 0.29) is 5.60 Å². The Morgan fingerprint density at radius 2 is 2.12 bits per heavy atom. The van der Waals surface area contributed by atoms with Crippen LogP contribution in [-0.4, -0.2) is 28.8 Å². The molecule has 1 aliphatic rings. The summed E-state index contributed by atoms with van der Waals surface area (Å²) in [6.45, 7) is 0. The zero-order valence-electron chi connectivity index (χ0n) is 9.54. The molecule has 0 aliphatic heterocycles. The molecule has 0 unspecified atom stereocenters. The topological polar surface area (TPSA) is 35.0 Å². The van der Waals surface area contributed by atoms with Crippen molar-refractivity contribution in [2.75, 3.05) is 13.0 Å². The second-order valence-electron chi connectivity index (χ2n) is 4.30. The number of nitrogens with zero attached hydrogens (tertiary/aromatic N) is 2. The Kier molecular flexibility index (Phi) is 4.16. The molecule has 90 valence electrons. The van der Waals surface area contributed by atoms with Crippen LogP contribution in [0.4, 0.5) is 0 Å². The molecule has 0 atom stereocenters. The monoisotopic (exact) mass is 260 g/mol. The van der Waals surface area contributed by atoms with Crippen LogP contribution in [-0.2, 0) is 17.6 Å². The van der Waals surface area contributed by atoms with Crippen molar-refractivity contribution in [3.63, 3.8) is 0 Å². The zero-order valence-corrected chi connectivity index (χ0v) is 11.1. The van der Waals surface area contributed by atoms with Crippen molar-refractivity contribution in [3.8, 4) is 0 Å². The van der Waals surface area contributed by atoms with E-state index in [0.29, 0.717) is 5.88 Å². The van der Waals surface area contributed by atoms with Crippen LogP contribution in [0.2, 0.25) is 0 Å². The molecule has 0 N–H and O–H groups in total. The number of alkyl halides is 1. The van der Waals surface area contributed by atoms with Gasteiger partial charge in [0.15, 0.2) is 0 Å². The molecule has 1 heterocycles. The van der Waals surface area contributed by atoms with Crippen LogP contribution in [0.3, 0.4) is 0 Å². The van der Waals surface area contributed by atoms with Crippen LogP contribution in [0.15, 0.2) is 0 Å². The van der Waals surface area contributed by atoms with E-state index < -0.39 is 0 Å². The van der Waals surface area contributed by atoms with Gasteiger partial charge in [-0.1, -0.05) is 0 Å². The number of ether oxygens (including phenoxy) is 1. The molecular weight excluding hydrogens is 244 g/mol. The molecule has 3 nitrogen and oxygen atoms in total. The van der Waals surface area contributed by atoms with E-state index in [1.54, 1.807) is 18.4 Å². The number of rotatable bonds is 6. The normalized spacial score (nSPS) is 18.4. The predicted molar refractivity (Wildman–Crippen MR) is 66.2 cm³/mol. The van der Waals surface area contributed by atoms with Gasteiger partial charge in [-0.3, -0.25) is 0 Å². The largest absolute Gasteiger partial charge is 0.378 e. The average molecular weight is 261 g/mol. The van der Waals surface area contributed by atoms with Gasteiger partial charge in [0.1, 0.15) is 10.0 Å². The third-order valence-electron chi connectivity index (χ3n) is 3.20. The summed E-state index contributed by atoms with van der Waals surface area (Å²) in [6, 6.07) is 0. The van der Waals surface area contributed by atoms with Crippen molar-refractivity contribution in [2.24, 2.45) is 0 Å². The highest BCUT2D eigenvalue weighted by atomic mass is 35.5. The molecule has 2 rings (SSSR count). The quantitative estimate of drug-likeness (QED) is 0.738. The van der Waals surface area contributed by atoms with Gasteiger partial charge in [-0.05, 0) is 25.7 Å². The summed E-state index contributed by atoms with van der Waals surface area (Å²) in [7, 11) is 1.80. The van der Waals surface area contributed by atoms with Crippen LogP contribution in [0.25, 0.3) is 0 Å². The van der Waals surface area contributed by atoms with Crippen molar-refractivity contribution in [1.82, 2.24) is 10.2 Å². The molecule has 16 heavy (non-hydrogen) atoms. The molecule has 0 aromatic carbocycles. The Morgan fingerprint density at radius 3 is 2.69 bits per heavy atom. The predicted octanol–water partition coefficient (Wildman–Crippen LogP) is 2.82. The van der Waals surface area contributed by atoms with E-state index in [1.807, 2.05) is 0 Å². The summed E-state index contributed by atoms with van der Waals surface area (Å²) in [5.74, 6) is 0.691. The minimum absolute atomic E-state index is 0.0588. The van der Waals surface area contributed by atoms with Crippen LogP contribution >= 0.6 is 22.9 Å². The Bertz CT molecular complexity index is 333. The maximum Gasteiger partial charge on any atom is 0.120 e. The molecular formula is C11H17ClN2OS. The molecule has 1 aliphatic carbocycles. The standard InChI is InChI=1S/C11H17ClN2OS/c1-15-11(5-3-6-11)8-10-14-13-9(16-10)4-2-7-12/h2-8H2,1H3. The number of aromatic nitrogens is 2. The van der Waals surface area contributed by atoms with Gasteiger partial charge in [0, 0.05) is 25.8 Å². The second kappa shape index (κ2) is 5.43. The molecule has 1 fully saturated rings. The summed E-state index contributed by atoms with van der Waals surface area (Å²) in [6.07, 6.45) is 6.42. The fourth-order valence-corrected chi connectivity index (χ4v) is 3.13. The molecule has 0 amide bonds. The van der Waals surface area contributed by atoms with Gasteiger partial charge in [0.05, 0.1) is 5.60 Å². The smallest absolute Gasteiger partial charge is 0.120 e. The summed E-state index contributed by atoms with van der Waals surface area (Å²) in [5.41, 5.74) is 0.0588. The third-order valence-corrected chi connectivity index (χ3v) is 4.45. The SMILES string of the molecule is COC1(Cc2nnc(CCCCl)s2)CCC1. The van der Waals surface area contributed by atoms with E-state index in [9.17, 15) is 0 Å². The van der Waals surface area contributed by atoms with Gasteiger partial charge in [-0.2, -0.15) is 0 Å². The zero-order chi connectivity index (χ0) is 11.4. The lowest BCUT2D eigenvalue weighted by Crippen LogP contribution is -2.41. The maximum atomic E-state index is 5.66. The number of methoxy groups -OCH3 is 1. The fraction of sp³-hybridized carbons (Fsp3) is 0.818. The lowest BCUT2D eigenvalue weighted by Gasteiger charge is -2.39. The minimum atomic E-state index is 0.0588. The van der Waals surface area contributed by atoms with Crippen LogP contribution in [0, 0.1) is 0 Å². The Balaban J connectivity index is 1.91. The number of hydrogen-bond acceptors (Lipinski definition) is 4. The molecule has 1 saturated carbocycles. The fourth-order valence-electron chi connectivity index (χ4n) is 1.98. The van der Waals surface area contributed by atoms with Crippen molar-refractivity contribution < 1.29 is 4.74 Å². The Hall–Kier alpha value is -0.190. The van der Waals surface area contributed by atoms with Gasteiger partial charge >= 0.3 is 0 Å². The summed E-state index contributed by atoms with van der Waals surface area (Å²) in [4.78, 5) is 0. The van der Waals surface area contributed by atoms with E-state index in [0.717, 1.165) is 42.1 Å². The molecule has 0 spiro atoms. The summed E-state index contributed by atoms with van der Waals surface area (Å²) < 4.78 is 5.59. The second-order valence-corrected chi connectivity index (χ2v) is 5.82. The highest BCUT2D eigenvalue weighted by molar-refractivity contribution is 7.11. The van der Waals surface area contributed by atoms with E-state index >= 15 is 0 Å². The molecule has 0 saturated heterocycles. The first-order valence-electron chi connectivity index (χ1n) is 5.70. The van der Waals surface area contributed by atoms with Crippen LogP contribution in [0.5, 0.6) is 0 Å². The van der Waals surface area contributed by atoms with Gasteiger partial charge in [0.2, 0.25) is 0 Å². The van der Waals surface area contributed by atoms with E-state index in [1.165, 1.54) is 6.42 Å². The first-order valence-corrected chi connectivity index (χ1v) is 7.05. The Morgan fingerprint density at radius 1 is 1.38 bits per heavy atom. The lowest BCUT2D eigenvalue weighted by atomic mass is 9.78. The van der Waals surface area contributed by atoms with E-state index in [4.69, 9.17) is 16.3 Å². The van der Waals surface area contributed by atoms with Crippen molar-refractivity contribution in [3.05, 3.63) is 10.0 Å². The summed E-state index contributed by atoms with van der Waals surface area (Å²) >= 11 is 7.36. The number of halogens is 1. The van der Waals surface area contributed by atoms with Gasteiger partial charge in [-0.25, -0.2) is 0 Å². The minimum Gasteiger partial charge on any atom is -0.378 e. The first-order chi connectivity index (χ1) is 7.78. The highest BCUT2D eigenvalue weighted by Crippen LogP contribution is 2.38. The van der Waals surface area contributed by atoms with Crippen LogP contribution < -0.4 is 0 Å². The average Bonchev–Trinajstić information content (AvgIpc) is 2.68. The molecule has 1 aromatic heterocycles. The molecule has 1 aromatic rings. The van der Waals surface area contributed by atoms with Crippen molar-refractivity contribution >= 4 is 22.9 Å². The number of aryl methyl sites for hydroxylation is 1. The summed E-state index contributed by atoms with van der Waals surface area (Å²) in [5, 5.41) is 10.6. The van der Waals surface area contributed by atoms with Crippen LogP contribution in [0.1, 0.15) is 35.7 Å². The maximum absolute atomic E-state index is 5.66. The van der Waals surface area contributed by atoms with Gasteiger partial charge in [-0.15, -0.1) is 33.1 Å². The number of hydrogen-bond donors (Lipinski definition) is 0. The van der Waals surface area contributed by atoms with Gasteiger partial charge in [0.25, 0.3) is 0 Å². The Labute approximate surface area is 105 Å². The highest BCUT2D eigenvalue weighted by Gasteiger charge is 2.38. The lowest BCUT2D eigenvalue weighted by molar-refractivity contribution is -0.0709. The molecule has 0 bridgehead atoms.